The molecule has 5 aliphatic rings. The number of rotatable bonds is 0. The zero-order chi connectivity index (χ0) is 23.5. The maximum Gasteiger partial charge on any atom is 0.0602 e. The molecule has 3 unspecified atom stereocenters. The van der Waals surface area contributed by atoms with Crippen molar-refractivity contribution in [2.75, 3.05) is 0 Å². The number of aliphatic hydroxyl groups excluding tert-OH is 2. The number of hydrogen-bond acceptors (Lipinski definition) is 2. The topological polar surface area (TPSA) is 40.5 Å². The second-order valence-electron chi connectivity index (χ2n) is 15.6. The van der Waals surface area contributed by atoms with Crippen LogP contribution in [0.3, 0.4) is 0 Å². The molecule has 0 amide bonds. The molecule has 0 saturated heterocycles. The molecule has 5 fully saturated rings. The summed E-state index contributed by atoms with van der Waals surface area (Å²) in [6.45, 7) is 20.1. The van der Waals surface area contributed by atoms with Gasteiger partial charge in [-0.1, -0.05) is 55.4 Å². The van der Waals surface area contributed by atoms with E-state index in [4.69, 9.17) is 0 Å². The van der Waals surface area contributed by atoms with Gasteiger partial charge in [0, 0.05) is 0 Å². The highest BCUT2D eigenvalue weighted by atomic mass is 16.3. The van der Waals surface area contributed by atoms with Crippen molar-refractivity contribution in [2.24, 2.45) is 56.2 Å². The lowest BCUT2D eigenvalue weighted by molar-refractivity contribution is -0.284. The largest absolute Gasteiger partial charge is 0.393 e. The van der Waals surface area contributed by atoms with Crippen LogP contribution in [0.15, 0.2) is 0 Å². The molecular formula is C30H52O2. The Balaban J connectivity index is 1.57. The van der Waals surface area contributed by atoms with Crippen LogP contribution in [0.2, 0.25) is 0 Å². The quantitative estimate of drug-likeness (QED) is 0.414. The average molecular weight is 445 g/mol. The summed E-state index contributed by atoms with van der Waals surface area (Å²) in [4.78, 5) is 0. The van der Waals surface area contributed by atoms with Crippen molar-refractivity contribution in [3.05, 3.63) is 0 Å². The number of fused-ring (bicyclic) bond motifs is 7. The molecule has 2 nitrogen and oxygen atoms in total. The van der Waals surface area contributed by atoms with E-state index in [0.29, 0.717) is 39.9 Å². The van der Waals surface area contributed by atoms with Crippen LogP contribution in [0.25, 0.3) is 0 Å². The maximum atomic E-state index is 11.8. The third-order valence-corrected chi connectivity index (χ3v) is 14.0. The molecule has 11 atom stereocenters. The van der Waals surface area contributed by atoms with E-state index >= 15 is 0 Å². The van der Waals surface area contributed by atoms with Gasteiger partial charge in [-0.2, -0.15) is 0 Å². The lowest BCUT2D eigenvalue weighted by Gasteiger charge is -2.75. The lowest BCUT2D eigenvalue weighted by Crippen LogP contribution is -2.70. The van der Waals surface area contributed by atoms with Gasteiger partial charge in [-0.15, -0.1) is 0 Å². The summed E-state index contributed by atoms with van der Waals surface area (Å²) < 4.78 is 0. The minimum atomic E-state index is -0.163. The van der Waals surface area contributed by atoms with E-state index < -0.39 is 0 Å². The molecule has 0 radical (unpaired) electrons. The standard InChI is InChI=1S/C30H52O2/c1-19-20(31)9-10-21-26(19,4)12-11-22-27(21,5)15-16-29(7)23-17-25(2,3)13-14-28(23,6)24(32)18-30(22,29)8/h19-24,31-32H,9-18H2,1-8H3/t19-,20-,21?,22?,23+,24-,26+,27-,28-,29?,30+/m0/s1. The first kappa shape index (κ1) is 23.7. The van der Waals surface area contributed by atoms with Crippen LogP contribution in [0, 0.1) is 56.2 Å². The molecule has 0 heterocycles. The summed E-state index contributed by atoms with van der Waals surface area (Å²) in [7, 11) is 0. The lowest BCUT2D eigenvalue weighted by atomic mass is 9.29. The van der Waals surface area contributed by atoms with Gasteiger partial charge in [-0.25, -0.2) is 0 Å². The second kappa shape index (κ2) is 6.77. The van der Waals surface area contributed by atoms with E-state index in [1.807, 2.05) is 0 Å². The molecule has 0 aliphatic heterocycles. The summed E-state index contributed by atoms with van der Waals surface area (Å²) in [6.07, 6.45) is 11.8. The third kappa shape index (κ3) is 2.72. The first-order valence-electron chi connectivity index (χ1n) is 14.0. The molecule has 5 aliphatic carbocycles. The Morgan fingerprint density at radius 3 is 1.91 bits per heavy atom. The zero-order valence-corrected chi connectivity index (χ0v) is 22.4. The van der Waals surface area contributed by atoms with Gasteiger partial charge in [0.25, 0.3) is 0 Å². The van der Waals surface area contributed by atoms with Crippen molar-refractivity contribution in [1.29, 1.82) is 0 Å². The Morgan fingerprint density at radius 2 is 1.22 bits per heavy atom. The van der Waals surface area contributed by atoms with Gasteiger partial charge < -0.3 is 10.2 Å². The van der Waals surface area contributed by atoms with Crippen molar-refractivity contribution < 1.29 is 10.2 Å². The highest BCUT2D eigenvalue weighted by Crippen LogP contribution is 2.78. The van der Waals surface area contributed by atoms with Crippen molar-refractivity contribution in [3.63, 3.8) is 0 Å². The molecule has 2 heteroatoms. The van der Waals surface area contributed by atoms with Crippen molar-refractivity contribution in [1.82, 2.24) is 0 Å². The van der Waals surface area contributed by atoms with Crippen LogP contribution in [0.4, 0.5) is 0 Å². The van der Waals surface area contributed by atoms with Crippen LogP contribution < -0.4 is 0 Å². The van der Waals surface area contributed by atoms with Crippen molar-refractivity contribution in [3.8, 4) is 0 Å². The molecule has 2 N–H and O–H groups in total. The number of hydrogen-bond donors (Lipinski definition) is 2. The zero-order valence-electron chi connectivity index (χ0n) is 22.4. The molecule has 0 bridgehead atoms. The number of aliphatic hydroxyl groups is 2. The fourth-order valence-corrected chi connectivity index (χ4v) is 11.4. The summed E-state index contributed by atoms with van der Waals surface area (Å²) in [5.41, 5.74) is 1.61. The van der Waals surface area contributed by atoms with E-state index in [-0.39, 0.29) is 28.5 Å². The SMILES string of the molecule is C[C@H]1[C@@H](O)CCC2[C@]3(C)CCC4(C)[C@@H]5CC(C)(C)CC[C@]5(C)[C@@H](O)C[C@]4(C)C3CC[C@@]21C. The van der Waals surface area contributed by atoms with Crippen LogP contribution in [0.1, 0.15) is 120 Å². The predicted octanol–water partition coefficient (Wildman–Crippen LogP) is 7.22. The Morgan fingerprint density at radius 1 is 0.562 bits per heavy atom. The molecule has 0 aromatic rings. The van der Waals surface area contributed by atoms with Gasteiger partial charge in [0.15, 0.2) is 0 Å². The fourth-order valence-electron chi connectivity index (χ4n) is 11.4. The Hall–Kier alpha value is -0.0800. The Bertz CT molecular complexity index is 775. The van der Waals surface area contributed by atoms with Gasteiger partial charge in [0.05, 0.1) is 12.2 Å². The summed E-state index contributed by atoms with van der Waals surface area (Å²) >= 11 is 0. The van der Waals surface area contributed by atoms with Crippen LogP contribution in [-0.2, 0) is 0 Å². The van der Waals surface area contributed by atoms with Crippen LogP contribution in [0.5, 0.6) is 0 Å². The van der Waals surface area contributed by atoms with E-state index in [1.165, 1.54) is 51.4 Å². The van der Waals surface area contributed by atoms with Crippen LogP contribution >= 0.6 is 0 Å². The van der Waals surface area contributed by atoms with Gasteiger partial charge >= 0.3 is 0 Å². The molecule has 0 aromatic heterocycles. The Kier molecular flexibility index (Phi) is 5.01. The molecule has 0 aromatic carbocycles. The molecule has 5 rings (SSSR count). The second-order valence-corrected chi connectivity index (χ2v) is 15.6. The van der Waals surface area contributed by atoms with Gasteiger partial charge in [-0.05, 0) is 120 Å². The highest BCUT2D eigenvalue weighted by molar-refractivity contribution is 5.21. The Labute approximate surface area is 198 Å². The maximum absolute atomic E-state index is 11.8. The van der Waals surface area contributed by atoms with Crippen LogP contribution in [-0.4, -0.2) is 22.4 Å². The molecule has 0 spiro atoms. The third-order valence-electron chi connectivity index (χ3n) is 14.0. The highest BCUT2D eigenvalue weighted by Gasteiger charge is 2.72. The summed E-state index contributed by atoms with van der Waals surface area (Å²) in [6, 6.07) is 0. The molecular weight excluding hydrogens is 392 g/mol. The van der Waals surface area contributed by atoms with E-state index in [1.54, 1.807) is 0 Å². The fraction of sp³-hybridized carbons (Fsp3) is 1.00. The predicted molar refractivity (Wildman–Crippen MR) is 132 cm³/mol. The van der Waals surface area contributed by atoms with Gasteiger partial charge in [0.2, 0.25) is 0 Å². The average Bonchev–Trinajstić information content (AvgIpc) is 2.70. The summed E-state index contributed by atoms with van der Waals surface area (Å²) in [5, 5.41) is 22.5. The first-order valence-corrected chi connectivity index (χ1v) is 14.0. The smallest absolute Gasteiger partial charge is 0.0602 e. The summed E-state index contributed by atoms with van der Waals surface area (Å²) in [5.74, 6) is 2.43. The van der Waals surface area contributed by atoms with E-state index in [2.05, 4.69) is 55.4 Å². The van der Waals surface area contributed by atoms with Crippen molar-refractivity contribution in [2.45, 2.75) is 132 Å². The first-order chi connectivity index (χ1) is 14.6. The van der Waals surface area contributed by atoms with E-state index in [9.17, 15) is 10.2 Å². The normalized spacial score (nSPS) is 61.7. The van der Waals surface area contributed by atoms with Gasteiger partial charge in [-0.3, -0.25) is 0 Å². The molecule has 5 saturated carbocycles. The monoisotopic (exact) mass is 444 g/mol. The molecule has 184 valence electrons. The van der Waals surface area contributed by atoms with Crippen molar-refractivity contribution >= 4 is 0 Å². The molecule has 32 heavy (non-hydrogen) atoms. The minimum Gasteiger partial charge on any atom is -0.393 e. The van der Waals surface area contributed by atoms with Gasteiger partial charge in [0.1, 0.15) is 0 Å². The minimum absolute atomic E-state index is 0.0875. The van der Waals surface area contributed by atoms with E-state index in [0.717, 1.165) is 12.8 Å².